The molecule has 1 saturated carbocycles. The third kappa shape index (κ3) is 3.16. The Kier molecular flexibility index (Phi) is 4.61. The first-order chi connectivity index (χ1) is 13.2. The number of carbonyl (C=O) groups excluding carboxylic acids is 1. The number of rotatable bonds is 4. The summed E-state index contributed by atoms with van der Waals surface area (Å²) in [6, 6.07) is 8.47. The van der Waals surface area contributed by atoms with Crippen LogP contribution in [0.5, 0.6) is 0 Å². The molecule has 0 bridgehead atoms. The van der Waals surface area contributed by atoms with Gasteiger partial charge in [0.15, 0.2) is 0 Å². The quantitative estimate of drug-likeness (QED) is 0.552. The van der Waals surface area contributed by atoms with E-state index in [1.807, 2.05) is 23.5 Å². The van der Waals surface area contributed by atoms with Crippen LogP contribution in [-0.4, -0.2) is 19.1 Å². The largest absolute Gasteiger partial charge is 0.465 e. The number of esters is 1. The fourth-order valence-electron chi connectivity index (χ4n) is 4.59. The maximum Gasteiger partial charge on any atom is 0.337 e. The van der Waals surface area contributed by atoms with Gasteiger partial charge in [-0.05, 0) is 78.8 Å². The smallest absolute Gasteiger partial charge is 0.337 e. The van der Waals surface area contributed by atoms with E-state index in [1.165, 1.54) is 49.0 Å². The topological polar surface area (TPSA) is 29.5 Å². The van der Waals surface area contributed by atoms with Crippen molar-refractivity contribution in [3.05, 3.63) is 45.8 Å². The van der Waals surface area contributed by atoms with Crippen molar-refractivity contribution in [2.45, 2.75) is 77.2 Å². The standard InChI is InChI=1S/C24H31NO2S/c1-15-19-20(24(4,5)14-13-23(19,2)3)28-21(15)25(18-11-12-18)17-9-7-16(8-10-17)22(26)27-6/h7-10,18H,11-14H2,1-6H3. The lowest BCUT2D eigenvalue weighted by atomic mass is 9.66. The Morgan fingerprint density at radius 1 is 1.07 bits per heavy atom. The van der Waals surface area contributed by atoms with Crippen molar-refractivity contribution < 1.29 is 9.53 Å². The molecule has 0 saturated heterocycles. The molecule has 1 fully saturated rings. The molecule has 4 heteroatoms. The Bertz CT molecular complexity index is 903. The third-order valence-electron chi connectivity index (χ3n) is 6.49. The third-order valence-corrected chi connectivity index (χ3v) is 8.14. The van der Waals surface area contributed by atoms with E-state index in [1.54, 1.807) is 10.4 Å². The van der Waals surface area contributed by atoms with Crippen molar-refractivity contribution in [3.63, 3.8) is 0 Å². The number of anilines is 2. The molecule has 0 spiro atoms. The number of ether oxygens (including phenoxy) is 1. The highest BCUT2D eigenvalue weighted by Crippen LogP contribution is 2.55. The van der Waals surface area contributed by atoms with E-state index < -0.39 is 0 Å². The zero-order valence-corrected chi connectivity index (χ0v) is 18.7. The molecule has 0 aliphatic heterocycles. The van der Waals surface area contributed by atoms with Crippen LogP contribution in [0.15, 0.2) is 24.3 Å². The van der Waals surface area contributed by atoms with E-state index in [0.717, 1.165) is 0 Å². The first-order valence-corrected chi connectivity index (χ1v) is 11.1. The number of hydrogen-bond acceptors (Lipinski definition) is 4. The van der Waals surface area contributed by atoms with E-state index >= 15 is 0 Å². The molecule has 0 amide bonds. The van der Waals surface area contributed by atoms with E-state index in [2.05, 4.69) is 51.7 Å². The summed E-state index contributed by atoms with van der Waals surface area (Å²) in [6.45, 7) is 11.9. The minimum absolute atomic E-state index is 0.230. The lowest BCUT2D eigenvalue weighted by Gasteiger charge is -2.39. The van der Waals surface area contributed by atoms with Crippen LogP contribution in [0.3, 0.4) is 0 Å². The molecule has 2 aromatic rings. The van der Waals surface area contributed by atoms with Gasteiger partial charge < -0.3 is 9.64 Å². The number of benzene rings is 1. The molecule has 2 aliphatic rings. The minimum Gasteiger partial charge on any atom is -0.465 e. The molecule has 0 atom stereocenters. The Morgan fingerprint density at radius 2 is 1.68 bits per heavy atom. The fourth-order valence-corrected chi connectivity index (χ4v) is 6.30. The van der Waals surface area contributed by atoms with Gasteiger partial charge in [0.1, 0.15) is 0 Å². The van der Waals surface area contributed by atoms with E-state index in [0.29, 0.717) is 11.6 Å². The lowest BCUT2D eigenvalue weighted by molar-refractivity contribution is 0.0601. The summed E-state index contributed by atoms with van der Waals surface area (Å²) in [5.41, 5.74) is 5.26. The maximum atomic E-state index is 11.8. The Balaban J connectivity index is 1.80. The molecule has 28 heavy (non-hydrogen) atoms. The lowest BCUT2D eigenvalue weighted by Crippen LogP contribution is -2.32. The van der Waals surface area contributed by atoms with Gasteiger partial charge in [0.2, 0.25) is 0 Å². The van der Waals surface area contributed by atoms with E-state index in [9.17, 15) is 4.79 Å². The Labute approximate surface area is 172 Å². The summed E-state index contributed by atoms with van der Waals surface area (Å²) in [7, 11) is 1.43. The molecule has 4 rings (SSSR count). The minimum atomic E-state index is -0.282. The van der Waals surface area contributed by atoms with E-state index in [-0.39, 0.29) is 16.8 Å². The molecular formula is C24H31NO2S. The number of methoxy groups -OCH3 is 1. The zero-order valence-electron chi connectivity index (χ0n) is 17.9. The van der Waals surface area contributed by atoms with Crippen molar-refractivity contribution in [3.8, 4) is 0 Å². The zero-order chi connectivity index (χ0) is 20.3. The predicted molar refractivity (Wildman–Crippen MR) is 117 cm³/mol. The Morgan fingerprint density at radius 3 is 2.21 bits per heavy atom. The molecule has 1 heterocycles. The highest BCUT2D eigenvalue weighted by atomic mass is 32.1. The van der Waals surface area contributed by atoms with Crippen LogP contribution in [0.25, 0.3) is 0 Å². The molecule has 0 N–H and O–H groups in total. The molecule has 1 aromatic heterocycles. The summed E-state index contributed by atoms with van der Waals surface area (Å²) >= 11 is 1.99. The van der Waals surface area contributed by atoms with Gasteiger partial charge in [-0.1, -0.05) is 27.7 Å². The average Bonchev–Trinajstić information content (AvgIpc) is 3.42. The van der Waals surface area contributed by atoms with Gasteiger partial charge in [0, 0.05) is 16.6 Å². The van der Waals surface area contributed by atoms with Gasteiger partial charge in [-0.25, -0.2) is 4.79 Å². The van der Waals surface area contributed by atoms with Gasteiger partial charge in [-0.15, -0.1) is 11.3 Å². The molecule has 2 aliphatic carbocycles. The second kappa shape index (κ2) is 6.62. The first-order valence-electron chi connectivity index (χ1n) is 10.3. The summed E-state index contributed by atoms with van der Waals surface area (Å²) in [4.78, 5) is 15.9. The fraction of sp³-hybridized carbons (Fsp3) is 0.542. The van der Waals surface area contributed by atoms with Crippen LogP contribution in [-0.2, 0) is 15.6 Å². The normalized spacial score (nSPS) is 19.8. The molecule has 1 aromatic carbocycles. The number of fused-ring (bicyclic) bond motifs is 1. The van der Waals surface area contributed by atoms with Gasteiger partial charge in [-0.3, -0.25) is 0 Å². The highest BCUT2D eigenvalue weighted by molar-refractivity contribution is 7.16. The SMILES string of the molecule is COC(=O)c1ccc(N(c2sc3c(c2C)C(C)(C)CCC3(C)C)C2CC2)cc1. The van der Waals surface area contributed by atoms with Crippen molar-refractivity contribution in [2.24, 2.45) is 0 Å². The number of hydrogen-bond donors (Lipinski definition) is 0. The van der Waals surface area contributed by atoms with Crippen LogP contribution in [0.4, 0.5) is 10.7 Å². The van der Waals surface area contributed by atoms with Gasteiger partial charge in [-0.2, -0.15) is 0 Å². The van der Waals surface area contributed by atoms with Crippen molar-refractivity contribution in [1.29, 1.82) is 0 Å². The number of carbonyl (C=O) groups is 1. The van der Waals surface area contributed by atoms with Crippen molar-refractivity contribution in [2.75, 3.05) is 12.0 Å². The second-order valence-electron chi connectivity index (χ2n) is 9.64. The molecule has 0 unspecified atom stereocenters. The Hall–Kier alpha value is -1.81. The summed E-state index contributed by atoms with van der Waals surface area (Å²) in [5, 5.41) is 1.39. The maximum absolute atomic E-state index is 11.8. The summed E-state index contributed by atoms with van der Waals surface area (Å²) in [5.74, 6) is -0.282. The number of thiophene rings is 1. The van der Waals surface area contributed by atoms with Gasteiger partial charge in [0.25, 0.3) is 0 Å². The van der Waals surface area contributed by atoms with Crippen LogP contribution in [0, 0.1) is 6.92 Å². The molecule has 3 nitrogen and oxygen atoms in total. The van der Waals surface area contributed by atoms with Crippen molar-refractivity contribution in [1.82, 2.24) is 0 Å². The molecular weight excluding hydrogens is 366 g/mol. The van der Waals surface area contributed by atoms with Crippen LogP contribution >= 0.6 is 11.3 Å². The monoisotopic (exact) mass is 397 g/mol. The van der Waals surface area contributed by atoms with Gasteiger partial charge >= 0.3 is 5.97 Å². The first kappa shape index (κ1) is 19.5. The van der Waals surface area contributed by atoms with Crippen LogP contribution < -0.4 is 4.90 Å². The molecule has 0 radical (unpaired) electrons. The van der Waals surface area contributed by atoms with E-state index in [4.69, 9.17) is 4.74 Å². The average molecular weight is 398 g/mol. The highest BCUT2D eigenvalue weighted by Gasteiger charge is 2.43. The number of nitrogens with zero attached hydrogens (tertiary/aromatic N) is 1. The second-order valence-corrected chi connectivity index (χ2v) is 10.6. The molecule has 150 valence electrons. The van der Waals surface area contributed by atoms with Crippen LogP contribution in [0.2, 0.25) is 0 Å². The van der Waals surface area contributed by atoms with Gasteiger partial charge in [0.05, 0.1) is 17.7 Å². The van der Waals surface area contributed by atoms with Crippen LogP contribution in [0.1, 0.15) is 79.7 Å². The summed E-state index contributed by atoms with van der Waals surface area (Å²) < 4.78 is 4.85. The summed E-state index contributed by atoms with van der Waals surface area (Å²) in [6.07, 6.45) is 4.94. The van der Waals surface area contributed by atoms with Crippen molar-refractivity contribution >= 4 is 28.0 Å². The predicted octanol–water partition coefficient (Wildman–Crippen LogP) is 6.49.